The van der Waals surface area contributed by atoms with Crippen molar-refractivity contribution in [2.45, 2.75) is 36.6 Å². The Bertz CT molecular complexity index is 931. The van der Waals surface area contributed by atoms with Gasteiger partial charge in [0.1, 0.15) is 11.6 Å². The van der Waals surface area contributed by atoms with E-state index in [4.69, 9.17) is 9.97 Å². The van der Waals surface area contributed by atoms with E-state index in [0.717, 1.165) is 55.3 Å². The standard InChI is InChI=1S/C20H27N5O2S/c1-21-20-17-14-24(2)12-10-18(17)22-19(23-20)15-7-6-11-25(13-15)28(26,27)16-8-4-3-5-9-16/h3-5,8-9,15H,6-7,10-14H2,1-2H3,(H,21,22,23)/t15-/m1/s1. The maximum absolute atomic E-state index is 13.0. The lowest BCUT2D eigenvalue weighted by molar-refractivity contribution is 0.300. The van der Waals surface area contributed by atoms with E-state index in [1.807, 2.05) is 13.1 Å². The average Bonchev–Trinajstić information content (AvgIpc) is 2.73. The number of hydrogen-bond donors (Lipinski definition) is 1. The molecule has 0 saturated carbocycles. The van der Waals surface area contributed by atoms with Crippen molar-refractivity contribution in [1.82, 2.24) is 19.2 Å². The molecule has 2 aliphatic rings. The predicted molar refractivity (Wildman–Crippen MR) is 109 cm³/mol. The first kappa shape index (κ1) is 19.3. The highest BCUT2D eigenvalue weighted by atomic mass is 32.2. The fourth-order valence-electron chi connectivity index (χ4n) is 4.07. The number of fused-ring (bicyclic) bond motifs is 1. The summed E-state index contributed by atoms with van der Waals surface area (Å²) in [7, 11) is 0.496. The second kappa shape index (κ2) is 7.77. The molecule has 1 saturated heterocycles. The molecule has 0 radical (unpaired) electrons. The first-order valence-corrected chi connectivity index (χ1v) is 11.2. The van der Waals surface area contributed by atoms with Crippen LogP contribution < -0.4 is 5.32 Å². The van der Waals surface area contributed by atoms with Gasteiger partial charge < -0.3 is 10.2 Å². The lowest BCUT2D eigenvalue weighted by Crippen LogP contribution is -2.39. The third kappa shape index (κ3) is 3.64. The van der Waals surface area contributed by atoms with Gasteiger partial charge in [0, 0.05) is 51.1 Å². The number of sulfonamides is 1. The van der Waals surface area contributed by atoms with Crippen LogP contribution in [-0.2, 0) is 23.0 Å². The van der Waals surface area contributed by atoms with Gasteiger partial charge in [0.2, 0.25) is 10.0 Å². The number of aromatic nitrogens is 2. The molecule has 8 heteroatoms. The van der Waals surface area contributed by atoms with E-state index in [-0.39, 0.29) is 5.92 Å². The van der Waals surface area contributed by atoms with E-state index in [1.165, 1.54) is 0 Å². The van der Waals surface area contributed by atoms with Gasteiger partial charge in [0.25, 0.3) is 0 Å². The number of benzene rings is 1. The number of rotatable bonds is 4. The summed E-state index contributed by atoms with van der Waals surface area (Å²) in [5, 5.41) is 3.21. The van der Waals surface area contributed by atoms with Gasteiger partial charge >= 0.3 is 0 Å². The van der Waals surface area contributed by atoms with Crippen molar-refractivity contribution in [1.29, 1.82) is 0 Å². The molecule has 0 spiro atoms. The Kier molecular flexibility index (Phi) is 5.35. The maximum Gasteiger partial charge on any atom is 0.243 e. The molecule has 1 atom stereocenters. The zero-order valence-corrected chi connectivity index (χ0v) is 17.2. The van der Waals surface area contributed by atoms with E-state index in [2.05, 4.69) is 17.3 Å². The Morgan fingerprint density at radius 2 is 1.93 bits per heavy atom. The number of nitrogens with one attached hydrogen (secondary N) is 1. The molecule has 7 nitrogen and oxygen atoms in total. The molecule has 3 heterocycles. The molecule has 4 rings (SSSR count). The van der Waals surface area contributed by atoms with Gasteiger partial charge in [-0.25, -0.2) is 18.4 Å². The van der Waals surface area contributed by atoms with Gasteiger partial charge in [0.05, 0.1) is 10.6 Å². The largest absolute Gasteiger partial charge is 0.373 e. The summed E-state index contributed by atoms with van der Waals surface area (Å²) in [4.78, 5) is 12.3. The first-order valence-electron chi connectivity index (χ1n) is 9.80. The molecule has 1 N–H and O–H groups in total. The molecule has 150 valence electrons. The number of nitrogens with zero attached hydrogens (tertiary/aromatic N) is 4. The topological polar surface area (TPSA) is 78.4 Å². The minimum Gasteiger partial charge on any atom is -0.373 e. The molecular weight excluding hydrogens is 374 g/mol. The molecular formula is C20H27N5O2S. The molecule has 0 unspecified atom stereocenters. The minimum absolute atomic E-state index is 0.0179. The van der Waals surface area contributed by atoms with E-state index in [9.17, 15) is 8.42 Å². The monoisotopic (exact) mass is 401 g/mol. The van der Waals surface area contributed by atoms with Crippen LogP contribution in [0.25, 0.3) is 0 Å². The zero-order chi connectivity index (χ0) is 19.7. The lowest BCUT2D eigenvalue weighted by atomic mass is 9.97. The van der Waals surface area contributed by atoms with Gasteiger partial charge in [-0.05, 0) is 32.0 Å². The van der Waals surface area contributed by atoms with E-state index < -0.39 is 10.0 Å². The fraction of sp³-hybridized carbons (Fsp3) is 0.500. The second-order valence-corrected chi connectivity index (χ2v) is 9.55. The SMILES string of the molecule is CNc1nc([C@@H]2CCCN(S(=O)(=O)c3ccccc3)C2)nc2c1CN(C)CC2. The highest BCUT2D eigenvalue weighted by Gasteiger charge is 2.33. The Balaban J connectivity index is 1.62. The number of anilines is 1. The Morgan fingerprint density at radius 3 is 2.68 bits per heavy atom. The van der Waals surface area contributed by atoms with Crippen molar-refractivity contribution < 1.29 is 8.42 Å². The van der Waals surface area contributed by atoms with Gasteiger partial charge in [-0.2, -0.15) is 4.31 Å². The van der Waals surface area contributed by atoms with Crippen LogP contribution in [0.15, 0.2) is 35.2 Å². The van der Waals surface area contributed by atoms with Gasteiger partial charge in [-0.1, -0.05) is 18.2 Å². The van der Waals surface area contributed by atoms with Crippen molar-refractivity contribution in [2.24, 2.45) is 0 Å². The van der Waals surface area contributed by atoms with Crippen LogP contribution in [0.4, 0.5) is 5.82 Å². The van der Waals surface area contributed by atoms with Crippen LogP contribution in [0.2, 0.25) is 0 Å². The third-order valence-corrected chi connectivity index (χ3v) is 7.51. The van der Waals surface area contributed by atoms with Gasteiger partial charge in [-0.15, -0.1) is 0 Å². The molecule has 1 aromatic heterocycles. The fourth-order valence-corrected chi connectivity index (χ4v) is 5.62. The summed E-state index contributed by atoms with van der Waals surface area (Å²) in [6.07, 6.45) is 2.62. The van der Waals surface area contributed by atoms with Crippen LogP contribution in [0.5, 0.6) is 0 Å². The molecule has 28 heavy (non-hydrogen) atoms. The van der Waals surface area contributed by atoms with Crippen molar-refractivity contribution >= 4 is 15.8 Å². The van der Waals surface area contributed by atoms with Crippen LogP contribution in [0.3, 0.4) is 0 Å². The van der Waals surface area contributed by atoms with Crippen molar-refractivity contribution in [3.05, 3.63) is 47.4 Å². The predicted octanol–water partition coefficient (Wildman–Crippen LogP) is 2.07. The summed E-state index contributed by atoms with van der Waals surface area (Å²) in [5.74, 6) is 1.65. The van der Waals surface area contributed by atoms with Crippen molar-refractivity contribution in [2.75, 3.05) is 39.0 Å². The second-order valence-electron chi connectivity index (χ2n) is 7.61. The van der Waals surface area contributed by atoms with Gasteiger partial charge in [0.15, 0.2) is 0 Å². The van der Waals surface area contributed by atoms with Crippen LogP contribution >= 0.6 is 0 Å². The average molecular weight is 402 g/mol. The van der Waals surface area contributed by atoms with E-state index >= 15 is 0 Å². The molecule has 2 aliphatic heterocycles. The number of hydrogen-bond acceptors (Lipinski definition) is 6. The summed E-state index contributed by atoms with van der Waals surface area (Å²) in [6, 6.07) is 8.66. The summed E-state index contributed by atoms with van der Waals surface area (Å²) < 4.78 is 27.6. The number of piperidine rings is 1. The van der Waals surface area contributed by atoms with Gasteiger partial charge in [-0.3, -0.25) is 0 Å². The maximum atomic E-state index is 13.0. The van der Waals surface area contributed by atoms with E-state index in [0.29, 0.717) is 18.0 Å². The molecule has 1 fully saturated rings. The van der Waals surface area contributed by atoms with Crippen molar-refractivity contribution in [3.8, 4) is 0 Å². The van der Waals surface area contributed by atoms with Crippen LogP contribution in [0, 0.1) is 0 Å². The normalized spacial score (nSPS) is 21.3. The Labute approximate surface area is 166 Å². The van der Waals surface area contributed by atoms with E-state index in [1.54, 1.807) is 28.6 Å². The highest BCUT2D eigenvalue weighted by molar-refractivity contribution is 7.89. The quantitative estimate of drug-likeness (QED) is 0.845. The molecule has 2 aromatic rings. The lowest BCUT2D eigenvalue weighted by Gasteiger charge is -2.32. The van der Waals surface area contributed by atoms with Crippen LogP contribution in [-0.4, -0.2) is 61.3 Å². The van der Waals surface area contributed by atoms with Crippen LogP contribution in [0.1, 0.15) is 35.8 Å². The zero-order valence-electron chi connectivity index (χ0n) is 16.4. The highest BCUT2D eigenvalue weighted by Crippen LogP contribution is 2.31. The summed E-state index contributed by atoms with van der Waals surface area (Å²) in [6.45, 7) is 2.79. The third-order valence-electron chi connectivity index (χ3n) is 5.64. The summed E-state index contributed by atoms with van der Waals surface area (Å²) >= 11 is 0. The summed E-state index contributed by atoms with van der Waals surface area (Å²) in [5.41, 5.74) is 2.25. The minimum atomic E-state index is -3.49. The Hall–Kier alpha value is -2.03. The number of likely N-dealkylation sites (N-methyl/N-ethyl adjacent to an activating group) is 1. The smallest absolute Gasteiger partial charge is 0.243 e. The first-order chi connectivity index (χ1) is 13.5. The molecule has 0 bridgehead atoms. The molecule has 0 aliphatic carbocycles. The van der Waals surface area contributed by atoms with Crippen molar-refractivity contribution in [3.63, 3.8) is 0 Å². The molecule has 0 amide bonds. The Morgan fingerprint density at radius 1 is 1.14 bits per heavy atom. The molecule has 1 aromatic carbocycles.